The van der Waals surface area contributed by atoms with Crippen LogP contribution in [-0.2, 0) is 0 Å². The van der Waals surface area contributed by atoms with Crippen molar-refractivity contribution >= 4 is 5.91 Å². The molecule has 2 rings (SSSR count). The summed E-state index contributed by atoms with van der Waals surface area (Å²) in [5.74, 6) is -0.253. The van der Waals surface area contributed by atoms with Crippen molar-refractivity contribution in [1.82, 2.24) is 10.3 Å². The van der Waals surface area contributed by atoms with Crippen LogP contribution in [0.2, 0.25) is 0 Å². The molecule has 5 heteroatoms. The second-order valence-corrected chi connectivity index (χ2v) is 4.73. The van der Waals surface area contributed by atoms with Gasteiger partial charge in [-0.15, -0.1) is 0 Å². The predicted molar refractivity (Wildman–Crippen MR) is 67.4 cm³/mol. The van der Waals surface area contributed by atoms with Crippen LogP contribution in [0.25, 0.3) is 0 Å². The molecule has 98 valence electrons. The second kappa shape index (κ2) is 5.82. The van der Waals surface area contributed by atoms with Gasteiger partial charge in [-0.25, -0.2) is 0 Å². The van der Waals surface area contributed by atoms with Crippen molar-refractivity contribution in [2.24, 2.45) is 0 Å². The highest BCUT2D eigenvalue weighted by Gasteiger charge is 2.23. The van der Waals surface area contributed by atoms with E-state index in [0.29, 0.717) is 5.56 Å². The average Bonchev–Trinajstić information content (AvgIpc) is 2.56. The third-order valence-corrected chi connectivity index (χ3v) is 3.34. The molecule has 0 radical (unpaired) electrons. The lowest BCUT2D eigenvalue weighted by molar-refractivity contribution is 0.0818. The second-order valence-electron chi connectivity index (χ2n) is 4.73. The number of aromatic amines is 1. The number of hydrogen-bond donors (Lipinski definition) is 3. The summed E-state index contributed by atoms with van der Waals surface area (Å²) in [6.45, 7) is 0. The number of pyridine rings is 1. The van der Waals surface area contributed by atoms with Gasteiger partial charge in [0.15, 0.2) is 0 Å². The molecule has 1 aromatic rings. The molecule has 1 amide bonds. The van der Waals surface area contributed by atoms with E-state index in [4.69, 9.17) is 0 Å². The summed E-state index contributed by atoms with van der Waals surface area (Å²) in [6, 6.07) is 2.61. The number of aromatic nitrogens is 1. The van der Waals surface area contributed by atoms with E-state index in [1.807, 2.05) is 0 Å². The Bertz CT molecular complexity index is 449. The van der Waals surface area contributed by atoms with Crippen LogP contribution in [0.4, 0.5) is 0 Å². The van der Waals surface area contributed by atoms with E-state index in [1.54, 1.807) is 0 Å². The number of hydrogen-bond acceptors (Lipinski definition) is 3. The summed E-state index contributed by atoms with van der Waals surface area (Å²) >= 11 is 0. The monoisotopic (exact) mass is 250 g/mol. The number of rotatable bonds is 2. The third-order valence-electron chi connectivity index (χ3n) is 3.34. The van der Waals surface area contributed by atoms with Gasteiger partial charge in [-0.2, -0.15) is 0 Å². The predicted octanol–water partition coefficient (Wildman–Crippen LogP) is 0.798. The first kappa shape index (κ1) is 12.8. The number of nitrogens with one attached hydrogen (secondary N) is 2. The van der Waals surface area contributed by atoms with Crippen LogP contribution in [0.5, 0.6) is 0 Å². The van der Waals surface area contributed by atoms with E-state index >= 15 is 0 Å². The van der Waals surface area contributed by atoms with Gasteiger partial charge >= 0.3 is 0 Å². The number of aliphatic hydroxyl groups excluding tert-OH is 1. The largest absolute Gasteiger partial charge is 0.391 e. The van der Waals surface area contributed by atoms with Gasteiger partial charge < -0.3 is 15.4 Å². The molecular weight excluding hydrogens is 232 g/mol. The fourth-order valence-corrected chi connectivity index (χ4v) is 2.26. The molecule has 1 heterocycles. The van der Waals surface area contributed by atoms with E-state index < -0.39 is 6.10 Å². The number of carbonyl (C=O) groups is 1. The third kappa shape index (κ3) is 3.20. The summed E-state index contributed by atoms with van der Waals surface area (Å²) in [6.07, 6.45) is 5.58. The maximum atomic E-state index is 11.9. The van der Waals surface area contributed by atoms with Gasteiger partial charge in [0.2, 0.25) is 5.56 Å². The van der Waals surface area contributed by atoms with Crippen molar-refractivity contribution in [3.8, 4) is 0 Å². The Morgan fingerprint density at radius 1 is 1.28 bits per heavy atom. The van der Waals surface area contributed by atoms with Crippen LogP contribution in [-0.4, -0.2) is 28.1 Å². The molecule has 2 atom stereocenters. The zero-order chi connectivity index (χ0) is 13.0. The first-order valence-corrected chi connectivity index (χ1v) is 6.34. The van der Waals surface area contributed by atoms with E-state index in [0.717, 1.165) is 32.1 Å². The highest BCUT2D eigenvalue weighted by Crippen LogP contribution is 2.18. The molecule has 18 heavy (non-hydrogen) atoms. The standard InChI is InChI=1S/C13H18N2O3/c16-11-5-3-1-2-4-10(11)15-13(18)9-6-7-12(17)14-8-9/h6-8,10-11,16H,1-5H2,(H,14,17)(H,15,18). The summed E-state index contributed by atoms with van der Waals surface area (Å²) in [4.78, 5) is 25.3. The fraction of sp³-hybridized carbons (Fsp3) is 0.538. The Morgan fingerprint density at radius 2 is 2.06 bits per heavy atom. The van der Waals surface area contributed by atoms with Crippen LogP contribution in [0.3, 0.4) is 0 Å². The SMILES string of the molecule is O=C(NC1CCCCCC1O)c1ccc(=O)[nH]c1. The molecule has 1 aliphatic carbocycles. The minimum absolute atomic E-state index is 0.188. The maximum Gasteiger partial charge on any atom is 0.253 e. The van der Waals surface area contributed by atoms with Crippen molar-refractivity contribution in [3.63, 3.8) is 0 Å². The fourth-order valence-electron chi connectivity index (χ4n) is 2.26. The Balaban J connectivity index is 2.01. The molecule has 3 N–H and O–H groups in total. The lowest BCUT2D eigenvalue weighted by Gasteiger charge is -2.21. The highest BCUT2D eigenvalue weighted by molar-refractivity contribution is 5.94. The van der Waals surface area contributed by atoms with E-state index in [2.05, 4.69) is 10.3 Å². The summed E-state index contributed by atoms with van der Waals surface area (Å²) in [5, 5.41) is 12.7. The summed E-state index contributed by atoms with van der Waals surface area (Å²) in [5.41, 5.74) is 0.173. The lowest BCUT2D eigenvalue weighted by Crippen LogP contribution is -2.42. The first-order chi connectivity index (χ1) is 8.66. The van der Waals surface area contributed by atoms with Gasteiger partial charge in [-0.3, -0.25) is 9.59 Å². The van der Waals surface area contributed by atoms with Gasteiger partial charge in [0.1, 0.15) is 0 Å². The first-order valence-electron chi connectivity index (χ1n) is 6.34. The van der Waals surface area contributed by atoms with E-state index in [1.165, 1.54) is 18.3 Å². The molecule has 0 spiro atoms. The molecular formula is C13H18N2O3. The van der Waals surface area contributed by atoms with Gasteiger partial charge in [-0.05, 0) is 18.9 Å². The molecule has 2 unspecified atom stereocenters. The van der Waals surface area contributed by atoms with Crippen LogP contribution < -0.4 is 10.9 Å². The normalized spacial score (nSPS) is 24.3. The molecule has 0 aliphatic heterocycles. The summed E-state index contributed by atoms with van der Waals surface area (Å²) < 4.78 is 0. The number of aliphatic hydroxyl groups is 1. The van der Waals surface area contributed by atoms with Crippen molar-refractivity contribution < 1.29 is 9.90 Å². The van der Waals surface area contributed by atoms with Gasteiger partial charge in [0.05, 0.1) is 17.7 Å². The van der Waals surface area contributed by atoms with Crippen LogP contribution >= 0.6 is 0 Å². The Hall–Kier alpha value is -1.62. The number of carbonyl (C=O) groups excluding carboxylic acids is 1. The van der Waals surface area contributed by atoms with Crippen LogP contribution in [0.1, 0.15) is 42.5 Å². The van der Waals surface area contributed by atoms with Crippen molar-refractivity contribution in [2.75, 3.05) is 0 Å². The molecule has 1 fully saturated rings. The summed E-state index contributed by atoms with van der Waals surface area (Å²) in [7, 11) is 0. The van der Waals surface area contributed by atoms with Gasteiger partial charge in [0, 0.05) is 12.3 Å². The minimum atomic E-state index is -0.473. The van der Waals surface area contributed by atoms with E-state index in [9.17, 15) is 14.7 Å². The molecule has 1 aromatic heterocycles. The number of H-pyrrole nitrogens is 1. The minimum Gasteiger partial charge on any atom is -0.391 e. The molecule has 1 aliphatic rings. The number of amides is 1. The maximum absolute atomic E-state index is 11.9. The highest BCUT2D eigenvalue weighted by atomic mass is 16.3. The van der Waals surface area contributed by atoms with E-state index in [-0.39, 0.29) is 17.5 Å². The zero-order valence-corrected chi connectivity index (χ0v) is 10.2. The Kier molecular flexibility index (Phi) is 4.15. The van der Waals surface area contributed by atoms with Crippen molar-refractivity contribution in [1.29, 1.82) is 0 Å². The zero-order valence-electron chi connectivity index (χ0n) is 10.2. The van der Waals surface area contributed by atoms with Crippen molar-refractivity contribution in [2.45, 2.75) is 44.2 Å². The van der Waals surface area contributed by atoms with Gasteiger partial charge in [0.25, 0.3) is 5.91 Å². The quantitative estimate of drug-likeness (QED) is 0.679. The molecule has 0 bridgehead atoms. The van der Waals surface area contributed by atoms with Crippen LogP contribution in [0, 0.1) is 0 Å². The Labute approximate surface area is 105 Å². The van der Waals surface area contributed by atoms with Crippen LogP contribution in [0.15, 0.2) is 23.1 Å². The molecule has 5 nitrogen and oxygen atoms in total. The molecule has 0 saturated heterocycles. The topological polar surface area (TPSA) is 82.2 Å². The average molecular weight is 250 g/mol. The Morgan fingerprint density at radius 3 is 2.78 bits per heavy atom. The van der Waals surface area contributed by atoms with Crippen molar-refractivity contribution in [3.05, 3.63) is 34.2 Å². The van der Waals surface area contributed by atoms with Gasteiger partial charge in [-0.1, -0.05) is 19.3 Å². The smallest absolute Gasteiger partial charge is 0.253 e. The molecule has 1 saturated carbocycles. The molecule has 0 aromatic carbocycles. The lowest BCUT2D eigenvalue weighted by atomic mass is 10.1.